The molecule has 1 aromatic heterocycles. The zero-order valence-electron chi connectivity index (χ0n) is 9.32. The topological polar surface area (TPSA) is 34.1 Å². The summed E-state index contributed by atoms with van der Waals surface area (Å²) in [5.41, 5.74) is 0. The van der Waals surface area contributed by atoms with E-state index in [1.54, 1.807) is 7.11 Å². The van der Waals surface area contributed by atoms with Crippen molar-refractivity contribution >= 4 is 11.5 Å². The quantitative estimate of drug-likeness (QED) is 0.857. The second-order valence-electron chi connectivity index (χ2n) is 4.14. The van der Waals surface area contributed by atoms with Crippen LogP contribution in [0.15, 0.2) is 6.07 Å². The number of nitrogens with zero attached hydrogens (tertiary/aromatic N) is 1. The number of methoxy groups -OCH3 is 1. The Labute approximate surface area is 95.0 Å². The number of hydrogen-bond acceptors (Lipinski definition) is 4. The van der Waals surface area contributed by atoms with Gasteiger partial charge in [0.25, 0.3) is 0 Å². The summed E-state index contributed by atoms with van der Waals surface area (Å²) < 4.78 is 9.30. The van der Waals surface area contributed by atoms with Gasteiger partial charge in [-0.15, -0.1) is 0 Å². The molecule has 0 spiro atoms. The van der Waals surface area contributed by atoms with Gasteiger partial charge in [0.2, 0.25) is 5.88 Å². The Morgan fingerprint density at radius 3 is 2.87 bits per heavy atom. The van der Waals surface area contributed by atoms with Crippen molar-refractivity contribution in [2.75, 3.05) is 7.11 Å². The van der Waals surface area contributed by atoms with Gasteiger partial charge in [0.15, 0.2) is 0 Å². The van der Waals surface area contributed by atoms with Crippen LogP contribution in [0.4, 0.5) is 0 Å². The first kappa shape index (κ1) is 10.9. The molecule has 0 aliphatic heterocycles. The van der Waals surface area contributed by atoms with Crippen LogP contribution in [0.25, 0.3) is 0 Å². The lowest BCUT2D eigenvalue weighted by molar-refractivity contribution is 0.401. The van der Waals surface area contributed by atoms with E-state index in [9.17, 15) is 0 Å². The molecule has 4 heteroatoms. The van der Waals surface area contributed by atoms with E-state index in [4.69, 9.17) is 4.74 Å². The molecule has 1 heterocycles. The number of aromatic nitrogens is 1. The number of nitrogens with one attached hydrogen (secondary N) is 1. The van der Waals surface area contributed by atoms with Crippen LogP contribution in [-0.4, -0.2) is 17.5 Å². The Bertz CT molecular complexity index is 307. The Hall–Kier alpha value is -0.610. The van der Waals surface area contributed by atoms with Crippen LogP contribution in [0.1, 0.15) is 43.5 Å². The summed E-state index contributed by atoms with van der Waals surface area (Å²) in [5, 5.41) is 3.65. The SMILES string of the molecule is COc1cc(C(C)NC2CCCC2)sn1. The van der Waals surface area contributed by atoms with E-state index >= 15 is 0 Å². The smallest absolute Gasteiger partial charge is 0.225 e. The van der Waals surface area contributed by atoms with Crippen LogP contribution >= 0.6 is 11.5 Å². The molecule has 0 saturated heterocycles. The molecule has 1 aromatic rings. The minimum atomic E-state index is 0.398. The number of hydrogen-bond donors (Lipinski definition) is 1. The highest BCUT2D eigenvalue weighted by atomic mass is 32.1. The molecule has 15 heavy (non-hydrogen) atoms. The molecular weight excluding hydrogens is 208 g/mol. The molecule has 0 bridgehead atoms. The lowest BCUT2D eigenvalue weighted by atomic mass is 10.2. The van der Waals surface area contributed by atoms with Gasteiger partial charge in [0, 0.05) is 23.0 Å². The third-order valence-electron chi connectivity index (χ3n) is 2.98. The Morgan fingerprint density at radius 2 is 2.27 bits per heavy atom. The van der Waals surface area contributed by atoms with Gasteiger partial charge >= 0.3 is 0 Å². The van der Waals surface area contributed by atoms with Gasteiger partial charge in [-0.05, 0) is 31.3 Å². The highest BCUT2D eigenvalue weighted by Crippen LogP contribution is 2.26. The largest absolute Gasteiger partial charge is 0.480 e. The molecule has 0 amide bonds. The van der Waals surface area contributed by atoms with E-state index < -0.39 is 0 Å². The van der Waals surface area contributed by atoms with Crippen molar-refractivity contribution in [1.82, 2.24) is 9.69 Å². The molecule has 1 saturated carbocycles. The van der Waals surface area contributed by atoms with E-state index in [-0.39, 0.29) is 0 Å². The maximum Gasteiger partial charge on any atom is 0.225 e. The second kappa shape index (κ2) is 4.94. The van der Waals surface area contributed by atoms with Gasteiger partial charge in [0.1, 0.15) is 0 Å². The van der Waals surface area contributed by atoms with Crippen LogP contribution in [0, 0.1) is 0 Å². The summed E-state index contributed by atoms with van der Waals surface area (Å²) in [6.45, 7) is 2.20. The summed E-state index contributed by atoms with van der Waals surface area (Å²) in [5.74, 6) is 0.732. The summed E-state index contributed by atoms with van der Waals surface area (Å²) in [6, 6.07) is 3.12. The lowest BCUT2D eigenvalue weighted by Gasteiger charge is -2.17. The zero-order valence-corrected chi connectivity index (χ0v) is 10.1. The first-order chi connectivity index (χ1) is 7.29. The molecule has 1 unspecified atom stereocenters. The van der Waals surface area contributed by atoms with Gasteiger partial charge in [-0.2, -0.15) is 4.37 Å². The minimum Gasteiger partial charge on any atom is -0.480 e. The molecule has 1 fully saturated rings. The lowest BCUT2D eigenvalue weighted by Crippen LogP contribution is -2.28. The fourth-order valence-electron chi connectivity index (χ4n) is 2.10. The average Bonchev–Trinajstić information content (AvgIpc) is 2.86. The van der Waals surface area contributed by atoms with Crippen molar-refractivity contribution in [2.45, 2.75) is 44.7 Å². The molecule has 84 valence electrons. The van der Waals surface area contributed by atoms with Crippen molar-refractivity contribution in [1.29, 1.82) is 0 Å². The van der Waals surface area contributed by atoms with Crippen molar-refractivity contribution in [3.63, 3.8) is 0 Å². The van der Waals surface area contributed by atoms with E-state index in [0.717, 1.165) is 5.88 Å². The average molecular weight is 226 g/mol. The molecular formula is C11H18N2OS. The molecule has 0 aromatic carbocycles. The van der Waals surface area contributed by atoms with Gasteiger partial charge in [-0.1, -0.05) is 12.8 Å². The number of rotatable bonds is 4. The van der Waals surface area contributed by atoms with E-state index in [0.29, 0.717) is 12.1 Å². The van der Waals surface area contributed by atoms with Crippen LogP contribution in [0.5, 0.6) is 5.88 Å². The molecule has 0 radical (unpaired) electrons. The first-order valence-electron chi connectivity index (χ1n) is 5.56. The predicted octanol–water partition coefficient (Wildman–Crippen LogP) is 2.74. The molecule has 3 nitrogen and oxygen atoms in total. The fraction of sp³-hybridized carbons (Fsp3) is 0.727. The van der Waals surface area contributed by atoms with Gasteiger partial charge in [0.05, 0.1) is 7.11 Å². The minimum absolute atomic E-state index is 0.398. The van der Waals surface area contributed by atoms with Crippen molar-refractivity contribution in [3.05, 3.63) is 10.9 Å². The normalized spacial score (nSPS) is 19.3. The monoisotopic (exact) mass is 226 g/mol. The first-order valence-corrected chi connectivity index (χ1v) is 6.33. The fourth-order valence-corrected chi connectivity index (χ4v) is 2.80. The molecule has 2 rings (SSSR count). The van der Waals surface area contributed by atoms with E-state index in [2.05, 4.69) is 16.6 Å². The standard InChI is InChI=1S/C11H18N2OS/c1-8(12-9-5-3-4-6-9)10-7-11(14-2)13-15-10/h7-9,12H,3-6H2,1-2H3. The third-order valence-corrected chi connectivity index (χ3v) is 3.94. The van der Waals surface area contributed by atoms with Gasteiger partial charge < -0.3 is 10.1 Å². The van der Waals surface area contributed by atoms with Crippen LogP contribution in [-0.2, 0) is 0 Å². The van der Waals surface area contributed by atoms with E-state index in [1.165, 1.54) is 42.1 Å². The summed E-state index contributed by atoms with van der Waals surface area (Å²) >= 11 is 1.53. The molecule has 1 atom stereocenters. The predicted molar refractivity (Wildman–Crippen MR) is 62.5 cm³/mol. The maximum atomic E-state index is 5.09. The third kappa shape index (κ3) is 2.69. The maximum absolute atomic E-state index is 5.09. The Balaban J connectivity index is 1.91. The number of ether oxygens (including phenoxy) is 1. The van der Waals surface area contributed by atoms with Crippen LogP contribution < -0.4 is 10.1 Å². The second-order valence-corrected chi connectivity index (χ2v) is 4.98. The summed E-state index contributed by atoms with van der Waals surface area (Å²) in [6.07, 6.45) is 5.38. The molecule has 1 aliphatic rings. The van der Waals surface area contributed by atoms with Crippen molar-refractivity contribution in [3.8, 4) is 5.88 Å². The highest BCUT2D eigenvalue weighted by Gasteiger charge is 2.18. The van der Waals surface area contributed by atoms with Crippen LogP contribution in [0.2, 0.25) is 0 Å². The van der Waals surface area contributed by atoms with Crippen molar-refractivity contribution in [2.24, 2.45) is 0 Å². The summed E-state index contributed by atoms with van der Waals surface area (Å²) in [4.78, 5) is 1.26. The summed E-state index contributed by atoms with van der Waals surface area (Å²) in [7, 11) is 1.66. The van der Waals surface area contributed by atoms with E-state index in [1.807, 2.05) is 6.07 Å². The van der Waals surface area contributed by atoms with Crippen LogP contribution in [0.3, 0.4) is 0 Å². The van der Waals surface area contributed by atoms with Crippen molar-refractivity contribution < 1.29 is 4.74 Å². The Morgan fingerprint density at radius 1 is 1.53 bits per heavy atom. The van der Waals surface area contributed by atoms with Gasteiger partial charge in [-0.25, -0.2) is 0 Å². The zero-order chi connectivity index (χ0) is 10.7. The van der Waals surface area contributed by atoms with Gasteiger partial charge in [-0.3, -0.25) is 0 Å². The molecule has 1 aliphatic carbocycles. The highest BCUT2D eigenvalue weighted by molar-refractivity contribution is 7.06. The molecule has 1 N–H and O–H groups in total. The Kier molecular flexibility index (Phi) is 3.59.